The molecule has 1 aromatic heterocycles. The molecule has 0 amide bonds. The van der Waals surface area contributed by atoms with Gasteiger partial charge in [-0.15, -0.1) is 5.10 Å². The summed E-state index contributed by atoms with van der Waals surface area (Å²) in [6.45, 7) is 21.3. The Morgan fingerprint density at radius 2 is 1.47 bits per heavy atom. The first kappa shape index (κ1) is 50.4. The van der Waals surface area contributed by atoms with Gasteiger partial charge in [-0.05, 0) is 149 Å². The number of allylic oxidation sites excluding steroid dienone is 14. The third-order valence-corrected chi connectivity index (χ3v) is 13.2. The predicted octanol–water partition coefficient (Wildman–Crippen LogP) is 16.5. The molecule has 0 saturated carbocycles. The van der Waals surface area contributed by atoms with Crippen LogP contribution in [0.3, 0.4) is 0 Å². The summed E-state index contributed by atoms with van der Waals surface area (Å²) >= 11 is 0. The molecule has 70 heavy (non-hydrogen) atoms. The summed E-state index contributed by atoms with van der Waals surface area (Å²) < 4.78 is 2.03. The van der Waals surface area contributed by atoms with Gasteiger partial charge in [0.2, 0.25) is 0 Å². The van der Waals surface area contributed by atoms with Crippen LogP contribution >= 0.6 is 0 Å². The standard InChI is InChI=1S/C65H69N5/c1-11-14-16-17-25-46(4)50(8)66-62(67-51(9)59-30-21-18-26-47(59)5)56-37-33-54(34-38-56)53(29-15-12-2)36-40-57-45-58(39-35-52(57)24-13-3)55-41-43-65(10,44-42-55)64-68-63(60-31-22-19-27-48(60)6)70(69-64)61-32-23-20-28-49(61)7/h11-12,14-23,25-43,45,50H,13,24,44H2,1-10H3/b14-11+,15-12+,17-16-,40-36+,46-25+,53-29+,66-62-,67-51+. The summed E-state index contributed by atoms with van der Waals surface area (Å²) in [5.74, 6) is 2.39. The van der Waals surface area contributed by atoms with E-state index >= 15 is 0 Å². The summed E-state index contributed by atoms with van der Waals surface area (Å²) in [5.41, 5.74) is 16.6. The van der Waals surface area contributed by atoms with Gasteiger partial charge in [0.25, 0.3) is 0 Å². The van der Waals surface area contributed by atoms with Crippen LogP contribution < -0.4 is 0 Å². The Morgan fingerprint density at radius 3 is 2.16 bits per heavy atom. The molecule has 0 radical (unpaired) electrons. The molecule has 1 heterocycles. The Kier molecular flexibility index (Phi) is 17.0. The highest BCUT2D eigenvalue weighted by Gasteiger charge is 2.32. The molecule has 1 aliphatic carbocycles. The maximum absolute atomic E-state index is 5.29. The van der Waals surface area contributed by atoms with Gasteiger partial charge in [0, 0.05) is 16.8 Å². The van der Waals surface area contributed by atoms with E-state index in [0.29, 0.717) is 5.84 Å². The van der Waals surface area contributed by atoms with Crippen molar-refractivity contribution in [3.8, 4) is 17.1 Å². The number of aryl methyl sites for hydroxylation is 4. The van der Waals surface area contributed by atoms with E-state index in [-0.39, 0.29) is 11.5 Å². The molecular formula is C65H69N5. The van der Waals surface area contributed by atoms with Gasteiger partial charge in [0.15, 0.2) is 17.5 Å². The zero-order valence-electron chi connectivity index (χ0n) is 42.9. The first-order valence-electron chi connectivity index (χ1n) is 24.8. The van der Waals surface area contributed by atoms with E-state index < -0.39 is 0 Å². The average Bonchev–Trinajstić information content (AvgIpc) is 3.82. The lowest BCUT2D eigenvalue weighted by atomic mass is 9.80. The number of rotatable bonds is 16. The summed E-state index contributed by atoms with van der Waals surface area (Å²) in [5, 5.41) is 5.24. The molecule has 0 saturated heterocycles. The summed E-state index contributed by atoms with van der Waals surface area (Å²) in [7, 11) is 0. The van der Waals surface area contributed by atoms with Gasteiger partial charge in [0.1, 0.15) is 0 Å². The van der Waals surface area contributed by atoms with Gasteiger partial charge in [0.05, 0.1) is 17.1 Å². The lowest BCUT2D eigenvalue weighted by Gasteiger charge is -2.25. The SMILES string of the molecule is C/C=C/C=C\C=C(/C)C(C)/N=C(\N=C(/C)c1ccccc1C)c1ccc(C(/C=C/c2cc(C3=CCC(C)(c4nc(-c5ccccc5C)n(-c5ccccc5C)n4)C=C3)ccc2CCC)=C/C=C/C)cc1. The Morgan fingerprint density at radius 1 is 0.771 bits per heavy atom. The maximum Gasteiger partial charge on any atom is 0.163 e. The van der Waals surface area contributed by atoms with Crippen LogP contribution in [0.4, 0.5) is 0 Å². The number of hydrogen-bond donors (Lipinski definition) is 0. The number of para-hydroxylation sites is 1. The lowest BCUT2D eigenvalue weighted by Crippen LogP contribution is -2.22. The topological polar surface area (TPSA) is 55.4 Å². The average molecular weight is 920 g/mol. The van der Waals surface area contributed by atoms with Crippen LogP contribution in [0.15, 0.2) is 204 Å². The first-order chi connectivity index (χ1) is 33.9. The number of benzene rings is 5. The lowest BCUT2D eigenvalue weighted by molar-refractivity contribution is 0.555. The van der Waals surface area contributed by atoms with E-state index in [1.807, 2.05) is 29.8 Å². The minimum atomic E-state index is -0.377. The zero-order chi connectivity index (χ0) is 49.6. The largest absolute Gasteiger partial charge is 0.259 e. The van der Waals surface area contributed by atoms with Crippen molar-refractivity contribution in [1.29, 1.82) is 0 Å². The number of hydrogen-bond acceptors (Lipinski definition) is 3. The van der Waals surface area contributed by atoms with E-state index in [4.69, 9.17) is 20.1 Å². The zero-order valence-corrected chi connectivity index (χ0v) is 42.9. The van der Waals surface area contributed by atoms with Crippen molar-refractivity contribution in [1.82, 2.24) is 14.8 Å². The third kappa shape index (κ3) is 12.2. The molecule has 0 spiro atoms. The van der Waals surface area contributed by atoms with E-state index in [2.05, 4.69) is 238 Å². The minimum Gasteiger partial charge on any atom is -0.259 e. The molecule has 2 atom stereocenters. The fourth-order valence-corrected chi connectivity index (χ4v) is 8.67. The normalized spacial score (nSPS) is 16.6. The second-order valence-electron chi connectivity index (χ2n) is 18.6. The third-order valence-electron chi connectivity index (χ3n) is 13.2. The number of aliphatic imine (C=N–C) groups is 2. The molecular weight excluding hydrogens is 851 g/mol. The molecule has 7 rings (SSSR count). The van der Waals surface area contributed by atoms with Gasteiger partial charge in [-0.25, -0.2) is 14.7 Å². The molecule has 2 unspecified atom stereocenters. The van der Waals surface area contributed by atoms with Crippen molar-refractivity contribution in [2.24, 2.45) is 9.98 Å². The fourth-order valence-electron chi connectivity index (χ4n) is 8.67. The van der Waals surface area contributed by atoms with Crippen LogP contribution in [0.5, 0.6) is 0 Å². The highest BCUT2D eigenvalue weighted by atomic mass is 15.4. The van der Waals surface area contributed by atoms with Gasteiger partial charge in [-0.2, -0.15) is 0 Å². The first-order valence-corrected chi connectivity index (χ1v) is 24.8. The van der Waals surface area contributed by atoms with Crippen LogP contribution in [0, 0.1) is 20.8 Å². The molecule has 6 aromatic rings. The highest BCUT2D eigenvalue weighted by molar-refractivity contribution is 6.12. The Balaban J connectivity index is 1.18. The van der Waals surface area contributed by atoms with Crippen molar-refractivity contribution in [3.05, 3.63) is 250 Å². The van der Waals surface area contributed by atoms with Crippen LogP contribution in [-0.2, 0) is 11.8 Å². The predicted molar refractivity (Wildman–Crippen MR) is 301 cm³/mol. The number of aromatic nitrogens is 3. The molecule has 354 valence electrons. The smallest absolute Gasteiger partial charge is 0.163 e. The fraction of sp³-hybridized carbons (Fsp3) is 0.231. The van der Waals surface area contributed by atoms with Crippen LogP contribution in [-0.4, -0.2) is 32.4 Å². The second kappa shape index (κ2) is 23.7. The Hall–Kier alpha value is -7.50. The number of nitrogens with zero attached hydrogens (tertiary/aromatic N) is 5. The molecule has 5 heteroatoms. The van der Waals surface area contributed by atoms with Crippen LogP contribution in [0.25, 0.3) is 34.3 Å². The maximum atomic E-state index is 5.29. The van der Waals surface area contributed by atoms with Crippen molar-refractivity contribution in [2.45, 2.75) is 100.0 Å². The molecule has 0 fully saturated rings. The van der Waals surface area contributed by atoms with Gasteiger partial charge < -0.3 is 0 Å². The van der Waals surface area contributed by atoms with Crippen LogP contribution in [0.1, 0.15) is 117 Å². The number of amidine groups is 1. The monoisotopic (exact) mass is 920 g/mol. The van der Waals surface area contributed by atoms with E-state index in [0.717, 1.165) is 81.3 Å². The molecule has 1 aliphatic rings. The minimum absolute atomic E-state index is 0.0625. The molecule has 5 nitrogen and oxygen atoms in total. The van der Waals surface area contributed by atoms with Crippen molar-refractivity contribution >= 4 is 28.8 Å². The highest BCUT2D eigenvalue weighted by Crippen LogP contribution is 2.38. The molecule has 5 aromatic carbocycles. The van der Waals surface area contributed by atoms with E-state index in [1.165, 1.54) is 33.4 Å². The molecule has 0 aliphatic heterocycles. The summed E-state index contributed by atoms with van der Waals surface area (Å²) in [6.07, 6.45) is 31.0. The quantitative estimate of drug-likeness (QED) is 0.0552. The summed E-state index contributed by atoms with van der Waals surface area (Å²) in [4.78, 5) is 15.7. The van der Waals surface area contributed by atoms with Crippen molar-refractivity contribution in [2.75, 3.05) is 0 Å². The van der Waals surface area contributed by atoms with Gasteiger partial charge >= 0.3 is 0 Å². The van der Waals surface area contributed by atoms with Crippen LogP contribution in [0.2, 0.25) is 0 Å². The molecule has 0 bridgehead atoms. The Labute approximate surface area is 418 Å². The summed E-state index contributed by atoms with van der Waals surface area (Å²) in [6, 6.07) is 40.8. The van der Waals surface area contributed by atoms with Gasteiger partial charge in [-0.3, -0.25) is 4.99 Å². The second-order valence-corrected chi connectivity index (χ2v) is 18.6. The molecule has 0 N–H and O–H groups in total. The van der Waals surface area contributed by atoms with E-state index in [9.17, 15) is 0 Å². The Bertz CT molecular complexity index is 3050. The van der Waals surface area contributed by atoms with Gasteiger partial charge in [-0.1, -0.05) is 195 Å². The van der Waals surface area contributed by atoms with Crippen molar-refractivity contribution in [3.63, 3.8) is 0 Å². The van der Waals surface area contributed by atoms with Crippen molar-refractivity contribution < 1.29 is 0 Å². The van der Waals surface area contributed by atoms with E-state index in [1.54, 1.807) is 0 Å².